The van der Waals surface area contributed by atoms with Crippen LogP contribution in [0.4, 0.5) is 0 Å². The van der Waals surface area contributed by atoms with Crippen molar-refractivity contribution in [3.05, 3.63) is 121 Å². The monoisotopic (exact) mass is 458 g/mol. The zero-order valence-corrected chi connectivity index (χ0v) is 19.4. The number of aromatic nitrogens is 4. The maximum atomic E-state index is 6.30. The van der Waals surface area contributed by atoms with E-state index in [-0.39, 0.29) is 0 Å². The first kappa shape index (κ1) is 20.0. The largest absolute Gasteiger partial charge is 0.457 e. The second-order valence-electron chi connectivity index (χ2n) is 9.25. The van der Waals surface area contributed by atoms with Gasteiger partial charge in [-0.05, 0) is 59.7 Å². The van der Waals surface area contributed by atoms with Gasteiger partial charge in [0.2, 0.25) is 12.7 Å². The fraction of sp³-hybridized carbons (Fsp3) is 0.133. The molecule has 0 saturated carbocycles. The third-order valence-corrected chi connectivity index (χ3v) is 6.88. The zero-order chi connectivity index (χ0) is 23.2. The molecule has 0 amide bonds. The van der Waals surface area contributed by atoms with Gasteiger partial charge in [0.1, 0.15) is 37.7 Å². The standard InChI is InChI=1S/C30H26N4O/c1-3-13-29-27(11-1)31-15-16-32-22-34(30-14-4-2-12-28(30)32)20-24-8-6-10-26(18-24)35-25-9-5-7-23(17-25)19-33(29)21-31/h1-14,17-18,21-22H,15-16,19-20H2/q+2. The third kappa shape index (κ3) is 3.66. The van der Waals surface area contributed by atoms with E-state index in [1.807, 2.05) is 12.1 Å². The summed E-state index contributed by atoms with van der Waals surface area (Å²) in [6, 6.07) is 34.1. The average Bonchev–Trinajstić information content (AvgIpc) is 3.41. The lowest BCUT2D eigenvalue weighted by atomic mass is 10.2. The SMILES string of the molecule is c1cc2cc(c1)Oc1cccc(c1)C[n+]1cn(c3ccccc31)CCn1c[n+](c3ccccc31)C2. The number of ether oxygens (including phenoxy) is 1. The Morgan fingerprint density at radius 2 is 1.03 bits per heavy atom. The Bertz CT molecular complexity index is 1570. The summed E-state index contributed by atoms with van der Waals surface area (Å²) < 4.78 is 15.7. The van der Waals surface area contributed by atoms with Gasteiger partial charge in [0, 0.05) is 0 Å². The Hall–Kier alpha value is -4.38. The van der Waals surface area contributed by atoms with Crippen molar-refractivity contribution >= 4 is 22.1 Å². The van der Waals surface area contributed by atoms with Gasteiger partial charge in [-0.3, -0.25) is 0 Å². The van der Waals surface area contributed by atoms with Crippen LogP contribution in [0, 0.1) is 0 Å². The molecule has 1 aliphatic rings. The summed E-state index contributed by atoms with van der Waals surface area (Å²) in [4.78, 5) is 0. The number of imidazole rings is 2. The molecule has 0 unspecified atom stereocenters. The van der Waals surface area contributed by atoms with Crippen molar-refractivity contribution in [3.63, 3.8) is 0 Å². The molecule has 170 valence electrons. The van der Waals surface area contributed by atoms with E-state index >= 15 is 0 Å². The minimum absolute atomic E-state index is 0.789. The smallest absolute Gasteiger partial charge is 0.245 e. The molecule has 7 rings (SSSR count). The Kier molecular flexibility index (Phi) is 4.65. The molecular formula is C30H26N4O+2. The molecule has 0 saturated heterocycles. The van der Waals surface area contributed by atoms with E-state index in [4.69, 9.17) is 4.74 Å². The van der Waals surface area contributed by atoms with Crippen molar-refractivity contribution in [1.82, 2.24) is 9.13 Å². The summed E-state index contributed by atoms with van der Waals surface area (Å²) >= 11 is 0. The summed E-state index contributed by atoms with van der Waals surface area (Å²) in [5, 5.41) is 0. The highest BCUT2D eigenvalue weighted by Crippen LogP contribution is 2.24. The van der Waals surface area contributed by atoms with Crippen LogP contribution in [0.5, 0.6) is 11.5 Å². The lowest BCUT2D eigenvalue weighted by Gasteiger charge is -2.09. The zero-order valence-electron chi connectivity index (χ0n) is 19.4. The Morgan fingerprint density at radius 3 is 1.54 bits per heavy atom. The summed E-state index contributed by atoms with van der Waals surface area (Å²) in [5.41, 5.74) is 7.40. The molecule has 35 heavy (non-hydrogen) atoms. The van der Waals surface area contributed by atoms with Crippen LogP contribution in [0.2, 0.25) is 0 Å². The number of fused-ring (bicyclic) bond motifs is 14. The minimum atomic E-state index is 0.789. The van der Waals surface area contributed by atoms with E-state index in [1.165, 1.54) is 33.2 Å². The number of para-hydroxylation sites is 4. The van der Waals surface area contributed by atoms with Gasteiger partial charge in [-0.15, -0.1) is 0 Å². The molecule has 0 radical (unpaired) electrons. The highest BCUT2D eigenvalue weighted by molar-refractivity contribution is 5.72. The Morgan fingerprint density at radius 1 is 0.543 bits per heavy atom. The lowest BCUT2D eigenvalue weighted by molar-refractivity contribution is -0.663. The molecule has 5 nitrogen and oxygen atoms in total. The van der Waals surface area contributed by atoms with E-state index in [1.54, 1.807) is 0 Å². The number of rotatable bonds is 0. The molecule has 4 aromatic carbocycles. The van der Waals surface area contributed by atoms with Crippen molar-refractivity contribution < 1.29 is 13.9 Å². The maximum absolute atomic E-state index is 6.30. The van der Waals surface area contributed by atoms with E-state index < -0.39 is 0 Å². The molecule has 5 heteroatoms. The highest BCUT2D eigenvalue weighted by Gasteiger charge is 2.20. The molecule has 1 aliphatic heterocycles. The second kappa shape index (κ2) is 8.13. The second-order valence-corrected chi connectivity index (χ2v) is 9.25. The van der Waals surface area contributed by atoms with Crippen LogP contribution in [0.1, 0.15) is 11.1 Å². The average molecular weight is 459 g/mol. The van der Waals surface area contributed by atoms with Gasteiger partial charge in [0.25, 0.3) is 0 Å². The van der Waals surface area contributed by atoms with Crippen molar-refractivity contribution in [2.24, 2.45) is 0 Å². The molecule has 0 aliphatic carbocycles. The maximum Gasteiger partial charge on any atom is 0.245 e. The fourth-order valence-electron chi connectivity index (χ4n) is 5.25. The van der Waals surface area contributed by atoms with Crippen LogP contribution in [-0.2, 0) is 26.2 Å². The number of aryl methyl sites for hydroxylation is 2. The van der Waals surface area contributed by atoms with Crippen LogP contribution in [0.3, 0.4) is 0 Å². The first-order chi connectivity index (χ1) is 17.3. The van der Waals surface area contributed by atoms with Gasteiger partial charge >= 0.3 is 0 Å². The highest BCUT2D eigenvalue weighted by atomic mass is 16.5. The van der Waals surface area contributed by atoms with E-state index in [9.17, 15) is 0 Å². The molecule has 0 fully saturated rings. The number of nitrogens with zero attached hydrogens (tertiary/aromatic N) is 4. The van der Waals surface area contributed by atoms with Crippen LogP contribution < -0.4 is 13.9 Å². The summed E-state index contributed by atoms with van der Waals surface area (Å²) in [6.07, 6.45) is 4.50. The summed E-state index contributed by atoms with van der Waals surface area (Å²) in [7, 11) is 0. The first-order valence-corrected chi connectivity index (χ1v) is 12.1. The summed E-state index contributed by atoms with van der Waals surface area (Å²) in [5.74, 6) is 1.72. The van der Waals surface area contributed by atoms with Gasteiger partial charge < -0.3 is 4.74 Å². The van der Waals surface area contributed by atoms with Crippen LogP contribution >= 0.6 is 0 Å². The fourth-order valence-corrected chi connectivity index (χ4v) is 5.25. The van der Waals surface area contributed by atoms with Crippen LogP contribution in [-0.4, -0.2) is 9.13 Å². The third-order valence-electron chi connectivity index (χ3n) is 6.88. The predicted octanol–water partition coefficient (Wildman–Crippen LogP) is 5.07. The van der Waals surface area contributed by atoms with Gasteiger partial charge in [-0.25, -0.2) is 18.3 Å². The molecular weight excluding hydrogens is 432 g/mol. The molecule has 0 spiro atoms. The number of benzene rings is 4. The van der Waals surface area contributed by atoms with E-state index in [0.717, 1.165) is 37.7 Å². The molecule has 6 aromatic rings. The topological polar surface area (TPSA) is 26.8 Å². The van der Waals surface area contributed by atoms with Crippen molar-refractivity contribution in [2.75, 3.05) is 0 Å². The summed E-state index contributed by atoms with van der Waals surface area (Å²) in [6.45, 7) is 3.37. The number of hydrogen-bond donors (Lipinski definition) is 0. The molecule has 0 atom stereocenters. The predicted molar refractivity (Wildman–Crippen MR) is 135 cm³/mol. The van der Waals surface area contributed by atoms with E-state index in [2.05, 4.69) is 116 Å². The van der Waals surface area contributed by atoms with Crippen LogP contribution in [0.25, 0.3) is 22.1 Å². The Labute approximate surface area is 203 Å². The normalized spacial score (nSPS) is 13.5. The molecule has 0 N–H and O–H groups in total. The number of hydrogen-bond acceptors (Lipinski definition) is 1. The van der Waals surface area contributed by atoms with Crippen molar-refractivity contribution in [1.29, 1.82) is 0 Å². The first-order valence-electron chi connectivity index (χ1n) is 12.1. The van der Waals surface area contributed by atoms with Gasteiger partial charge in [-0.1, -0.05) is 48.5 Å². The van der Waals surface area contributed by atoms with Gasteiger partial charge in [0.05, 0.1) is 0 Å². The van der Waals surface area contributed by atoms with Gasteiger partial charge in [0.15, 0.2) is 22.1 Å². The minimum Gasteiger partial charge on any atom is -0.457 e. The van der Waals surface area contributed by atoms with Crippen LogP contribution in [0.15, 0.2) is 110 Å². The quantitative estimate of drug-likeness (QED) is 0.292. The Balaban J connectivity index is 1.40. The van der Waals surface area contributed by atoms with Crippen molar-refractivity contribution in [2.45, 2.75) is 26.2 Å². The van der Waals surface area contributed by atoms with Crippen molar-refractivity contribution in [3.8, 4) is 11.5 Å². The molecule has 8 bridgehead atoms. The van der Waals surface area contributed by atoms with Gasteiger partial charge in [-0.2, -0.15) is 0 Å². The lowest BCUT2D eigenvalue weighted by Crippen LogP contribution is -2.33. The molecule has 2 aromatic heterocycles. The van der Waals surface area contributed by atoms with E-state index in [0.29, 0.717) is 0 Å². The molecule has 3 heterocycles.